The minimum Gasteiger partial charge on any atom is -0.256 e. The highest BCUT2D eigenvalue weighted by Gasteiger charge is 2.25. The lowest BCUT2D eigenvalue weighted by molar-refractivity contribution is 0.334. The van der Waals surface area contributed by atoms with Crippen LogP contribution in [0.2, 0.25) is 0 Å². The fourth-order valence-electron chi connectivity index (χ4n) is 0.645. The van der Waals surface area contributed by atoms with Crippen LogP contribution in [-0.4, -0.2) is 21.1 Å². The lowest BCUT2D eigenvalue weighted by Crippen LogP contribution is -2.25. The summed E-state index contributed by atoms with van der Waals surface area (Å²) in [5.41, 5.74) is 0. The van der Waals surface area contributed by atoms with Gasteiger partial charge in [0.15, 0.2) is 0 Å². The molecule has 1 heterocycles. The Kier molecular flexibility index (Phi) is 1.74. The van der Waals surface area contributed by atoms with Gasteiger partial charge in [0.05, 0.1) is 6.61 Å². The average molecular weight is 151 g/mol. The molecule has 1 aliphatic rings. The van der Waals surface area contributed by atoms with Gasteiger partial charge in [-0.2, -0.15) is 13.1 Å². The van der Waals surface area contributed by atoms with Gasteiger partial charge >= 0.3 is 10.3 Å². The van der Waals surface area contributed by atoms with Crippen LogP contribution >= 0.6 is 0 Å². The molecular formula is C4H9NO3S. The largest absolute Gasteiger partial charge is 0.336 e. The Hall–Kier alpha value is -0.130. The summed E-state index contributed by atoms with van der Waals surface area (Å²) in [6, 6.07) is -0.0185. The van der Waals surface area contributed by atoms with Crippen LogP contribution in [0.5, 0.6) is 0 Å². The van der Waals surface area contributed by atoms with Crippen molar-refractivity contribution in [2.24, 2.45) is 0 Å². The van der Waals surface area contributed by atoms with Crippen LogP contribution in [-0.2, 0) is 14.5 Å². The van der Waals surface area contributed by atoms with E-state index in [1.807, 2.05) is 6.92 Å². The van der Waals surface area contributed by atoms with E-state index < -0.39 is 10.3 Å². The van der Waals surface area contributed by atoms with Gasteiger partial charge in [0.1, 0.15) is 0 Å². The van der Waals surface area contributed by atoms with E-state index in [0.717, 1.165) is 6.42 Å². The molecule has 1 fully saturated rings. The Morgan fingerprint density at radius 2 is 2.44 bits per heavy atom. The Morgan fingerprint density at radius 3 is 2.67 bits per heavy atom. The standard InChI is InChI=1S/C4H9NO3S/c1-2-4-3-8-9(6,7)5-4/h4-5H,2-3H2,1H3/t4-/m1/s1. The molecule has 5 heteroatoms. The normalized spacial score (nSPS) is 32.8. The van der Waals surface area contributed by atoms with Crippen molar-refractivity contribution in [3.05, 3.63) is 0 Å². The first-order valence-corrected chi connectivity index (χ1v) is 4.21. The Morgan fingerprint density at radius 1 is 1.78 bits per heavy atom. The van der Waals surface area contributed by atoms with Gasteiger partial charge in [-0.1, -0.05) is 6.92 Å². The van der Waals surface area contributed by atoms with Crippen LogP contribution in [0.15, 0.2) is 0 Å². The highest BCUT2D eigenvalue weighted by Crippen LogP contribution is 2.05. The number of rotatable bonds is 1. The molecule has 0 bridgehead atoms. The van der Waals surface area contributed by atoms with Crippen molar-refractivity contribution in [2.75, 3.05) is 6.61 Å². The van der Waals surface area contributed by atoms with Crippen LogP contribution in [0, 0.1) is 0 Å². The monoisotopic (exact) mass is 151 g/mol. The maximum absolute atomic E-state index is 10.5. The Bertz CT molecular complexity index is 186. The van der Waals surface area contributed by atoms with Crippen LogP contribution in [0.3, 0.4) is 0 Å². The zero-order chi connectivity index (χ0) is 6.91. The maximum Gasteiger partial charge on any atom is 0.336 e. The third-order valence-corrected chi connectivity index (χ3v) is 2.30. The predicted molar refractivity (Wildman–Crippen MR) is 32.1 cm³/mol. The average Bonchev–Trinajstić information content (AvgIpc) is 2.10. The topological polar surface area (TPSA) is 55.4 Å². The quantitative estimate of drug-likeness (QED) is 0.556. The molecular weight excluding hydrogens is 142 g/mol. The molecule has 0 spiro atoms. The molecule has 0 saturated carbocycles. The zero-order valence-electron chi connectivity index (χ0n) is 5.12. The predicted octanol–water partition coefficient (Wildman–Crippen LogP) is -0.370. The highest BCUT2D eigenvalue weighted by molar-refractivity contribution is 7.84. The van der Waals surface area contributed by atoms with E-state index in [0.29, 0.717) is 0 Å². The lowest BCUT2D eigenvalue weighted by atomic mass is 10.3. The van der Waals surface area contributed by atoms with Crippen molar-refractivity contribution in [2.45, 2.75) is 19.4 Å². The molecule has 0 aliphatic carbocycles. The molecule has 9 heavy (non-hydrogen) atoms. The molecule has 0 amide bonds. The fraction of sp³-hybridized carbons (Fsp3) is 1.00. The number of hydrogen-bond acceptors (Lipinski definition) is 3. The zero-order valence-corrected chi connectivity index (χ0v) is 5.94. The van der Waals surface area contributed by atoms with Gasteiger partial charge in [-0.05, 0) is 6.42 Å². The van der Waals surface area contributed by atoms with Crippen molar-refractivity contribution >= 4 is 10.3 Å². The van der Waals surface area contributed by atoms with Crippen molar-refractivity contribution in [1.82, 2.24) is 4.72 Å². The van der Waals surface area contributed by atoms with Crippen LogP contribution < -0.4 is 4.72 Å². The van der Waals surface area contributed by atoms with E-state index in [4.69, 9.17) is 0 Å². The third kappa shape index (κ3) is 1.64. The first-order chi connectivity index (χ1) is 4.14. The highest BCUT2D eigenvalue weighted by atomic mass is 32.2. The summed E-state index contributed by atoms with van der Waals surface area (Å²) in [7, 11) is -3.36. The van der Waals surface area contributed by atoms with Crippen LogP contribution in [0.1, 0.15) is 13.3 Å². The summed E-state index contributed by atoms with van der Waals surface area (Å²) in [6.45, 7) is 2.18. The first kappa shape index (κ1) is 6.98. The Labute approximate surface area is 54.5 Å². The minimum atomic E-state index is -3.36. The fourth-order valence-corrected chi connectivity index (χ4v) is 1.70. The van der Waals surface area contributed by atoms with Crippen molar-refractivity contribution in [1.29, 1.82) is 0 Å². The molecule has 1 aliphatic heterocycles. The summed E-state index contributed by atoms with van der Waals surface area (Å²) in [5.74, 6) is 0. The molecule has 0 unspecified atom stereocenters. The second kappa shape index (κ2) is 2.24. The molecule has 1 atom stereocenters. The maximum atomic E-state index is 10.5. The van der Waals surface area contributed by atoms with Crippen molar-refractivity contribution < 1.29 is 12.6 Å². The van der Waals surface area contributed by atoms with Crippen molar-refractivity contribution in [3.8, 4) is 0 Å². The van der Waals surface area contributed by atoms with E-state index in [1.54, 1.807) is 0 Å². The second-order valence-electron chi connectivity index (χ2n) is 1.96. The van der Waals surface area contributed by atoms with Gasteiger partial charge in [-0.15, -0.1) is 0 Å². The summed E-state index contributed by atoms with van der Waals surface area (Å²) in [6.07, 6.45) is 0.777. The van der Waals surface area contributed by atoms with Crippen molar-refractivity contribution in [3.63, 3.8) is 0 Å². The van der Waals surface area contributed by atoms with E-state index in [9.17, 15) is 8.42 Å². The first-order valence-electron chi connectivity index (χ1n) is 2.81. The summed E-state index contributed by atoms with van der Waals surface area (Å²) >= 11 is 0. The Balaban J connectivity index is 2.58. The van der Waals surface area contributed by atoms with E-state index in [1.165, 1.54) is 0 Å². The minimum absolute atomic E-state index is 0.0185. The molecule has 1 N–H and O–H groups in total. The molecule has 54 valence electrons. The molecule has 0 aromatic rings. The summed E-state index contributed by atoms with van der Waals surface area (Å²) in [5, 5.41) is 0. The molecule has 1 saturated heterocycles. The van der Waals surface area contributed by atoms with Crippen LogP contribution in [0.25, 0.3) is 0 Å². The molecule has 4 nitrogen and oxygen atoms in total. The smallest absolute Gasteiger partial charge is 0.256 e. The molecule has 0 radical (unpaired) electrons. The SMILES string of the molecule is CC[C@@H]1COS(=O)(=O)N1. The molecule has 0 aromatic heterocycles. The van der Waals surface area contributed by atoms with Gasteiger partial charge in [-0.25, -0.2) is 0 Å². The van der Waals surface area contributed by atoms with Gasteiger partial charge in [0.25, 0.3) is 0 Å². The van der Waals surface area contributed by atoms with E-state index in [-0.39, 0.29) is 12.6 Å². The number of nitrogens with one attached hydrogen (secondary N) is 1. The van der Waals surface area contributed by atoms with Gasteiger partial charge in [0.2, 0.25) is 0 Å². The van der Waals surface area contributed by atoms with E-state index in [2.05, 4.69) is 8.91 Å². The summed E-state index contributed by atoms with van der Waals surface area (Å²) < 4.78 is 27.7. The summed E-state index contributed by atoms with van der Waals surface area (Å²) in [4.78, 5) is 0. The van der Waals surface area contributed by atoms with Gasteiger partial charge in [0, 0.05) is 6.04 Å². The second-order valence-corrected chi connectivity index (χ2v) is 3.34. The number of hydrogen-bond donors (Lipinski definition) is 1. The van der Waals surface area contributed by atoms with Gasteiger partial charge in [-0.3, -0.25) is 4.18 Å². The van der Waals surface area contributed by atoms with Gasteiger partial charge < -0.3 is 0 Å². The third-order valence-electron chi connectivity index (χ3n) is 1.23. The molecule has 1 rings (SSSR count). The molecule has 0 aromatic carbocycles. The van der Waals surface area contributed by atoms with Crippen LogP contribution in [0.4, 0.5) is 0 Å². The lowest BCUT2D eigenvalue weighted by Gasteiger charge is -1.97. The van der Waals surface area contributed by atoms with E-state index >= 15 is 0 Å².